The average Bonchev–Trinajstić information content (AvgIpc) is 2.46. The molecule has 1 amide bonds. The zero-order valence-electron chi connectivity index (χ0n) is 10.6. The Bertz CT molecular complexity index is 647. The molecule has 0 saturated carbocycles. The van der Waals surface area contributed by atoms with Crippen LogP contribution in [0.25, 0.3) is 0 Å². The first kappa shape index (κ1) is 13.0. The van der Waals surface area contributed by atoms with E-state index in [-0.39, 0.29) is 17.2 Å². The molecule has 2 heterocycles. The Morgan fingerprint density at radius 3 is 3.05 bits per heavy atom. The summed E-state index contributed by atoms with van der Waals surface area (Å²) in [5.41, 5.74) is 2.21. The second kappa shape index (κ2) is 5.56. The fourth-order valence-electron chi connectivity index (χ4n) is 2.34. The van der Waals surface area contributed by atoms with Crippen molar-refractivity contribution in [3.05, 3.63) is 52.9 Å². The summed E-state index contributed by atoms with van der Waals surface area (Å²) < 4.78 is 0. The molecule has 0 fully saturated rings. The third kappa shape index (κ3) is 2.64. The Balaban J connectivity index is 1.82. The maximum absolute atomic E-state index is 12.4. The first-order chi connectivity index (χ1) is 9.74. The lowest BCUT2D eigenvalue weighted by molar-refractivity contribution is -0.118. The molecule has 0 aliphatic carbocycles. The largest absolute Gasteiger partial charge is 0.309 e. The van der Waals surface area contributed by atoms with E-state index < -0.39 is 0 Å². The van der Waals surface area contributed by atoms with Gasteiger partial charge >= 0.3 is 0 Å². The maximum atomic E-state index is 12.4. The van der Waals surface area contributed by atoms with Gasteiger partial charge in [0.05, 0.1) is 0 Å². The summed E-state index contributed by atoms with van der Waals surface area (Å²) in [7, 11) is 0. The maximum Gasteiger partial charge on any atom is 0.247 e. The van der Waals surface area contributed by atoms with Crippen LogP contribution in [0.4, 0.5) is 5.82 Å². The van der Waals surface area contributed by atoms with E-state index in [1.54, 1.807) is 6.07 Å². The molecular weight excluding hydrogens is 276 g/mol. The highest BCUT2D eigenvalue weighted by Gasteiger charge is 2.25. The zero-order valence-corrected chi connectivity index (χ0v) is 11.4. The second-order valence-electron chi connectivity index (χ2n) is 4.54. The number of halogens is 1. The van der Waals surface area contributed by atoms with Crippen molar-refractivity contribution in [2.24, 2.45) is 0 Å². The van der Waals surface area contributed by atoms with Crippen molar-refractivity contribution in [3.63, 3.8) is 0 Å². The minimum absolute atomic E-state index is 0.111. The van der Waals surface area contributed by atoms with Crippen molar-refractivity contribution in [2.75, 3.05) is 11.9 Å². The zero-order chi connectivity index (χ0) is 13.9. The number of rotatable bonds is 2. The molecule has 0 saturated heterocycles. The summed E-state index contributed by atoms with van der Waals surface area (Å²) >= 11 is 5.71. The number of hydrogen-bond acceptors (Lipinski definition) is 4. The summed E-state index contributed by atoms with van der Waals surface area (Å²) in [5.74, 6) is 0.256. The van der Waals surface area contributed by atoms with Crippen molar-refractivity contribution >= 4 is 23.3 Å². The number of aromatic nitrogens is 2. The molecule has 1 aromatic heterocycles. The van der Waals surface area contributed by atoms with Crippen LogP contribution in [0.1, 0.15) is 17.2 Å². The van der Waals surface area contributed by atoms with Gasteiger partial charge in [0.15, 0.2) is 0 Å². The van der Waals surface area contributed by atoms with Gasteiger partial charge < -0.3 is 10.6 Å². The van der Waals surface area contributed by atoms with Crippen LogP contribution in [0.3, 0.4) is 0 Å². The molecule has 102 valence electrons. The number of hydrogen-bond donors (Lipinski definition) is 2. The number of nitrogens with zero attached hydrogens (tertiary/aromatic N) is 2. The fourth-order valence-corrected chi connectivity index (χ4v) is 2.49. The Labute approximate surface area is 121 Å². The first-order valence-electron chi connectivity index (χ1n) is 6.34. The van der Waals surface area contributed by atoms with Gasteiger partial charge in [-0.2, -0.15) is 0 Å². The highest BCUT2D eigenvalue weighted by molar-refractivity contribution is 6.28. The van der Waals surface area contributed by atoms with Crippen molar-refractivity contribution in [2.45, 2.75) is 12.5 Å². The van der Waals surface area contributed by atoms with Crippen molar-refractivity contribution < 1.29 is 4.79 Å². The van der Waals surface area contributed by atoms with Crippen LogP contribution in [0.5, 0.6) is 0 Å². The number of anilines is 1. The van der Waals surface area contributed by atoms with Crippen LogP contribution in [0, 0.1) is 0 Å². The Morgan fingerprint density at radius 1 is 1.35 bits per heavy atom. The molecule has 1 atom stereocenters. The number of nitrogens with one attached hydrogen (secondary N) is 2. The van der Waals surface area contributed by atoms with E-state index in [4.69, 9.17) is 11.6 Å². The molecule has 0 spiro atoms. The molecule has 1 aliphatic heterocycles. The smallest absolute Gasteiger partial charge is 0.247 e. The van der Waals surface area contributed by atoms with Crippen LogP contribution in [-0.4, -0.2) is 22.4 Å². The number of carbonyl (C=O) groups excluding carboxylic acids is 1. The van der Waals surface area contributed by atoms with Crippen molar-refractivity contribution in [1.29, 1.82) is 0 Å². The lowest BCUT2D eigenvalue weighted by Crippen LogP contribution is -2.38. The number of carbonyl (C=O) groups is 1. The number of fused-ring (bicyclic) bond motifs is 1. The quantitative estimate of drug-likeness (QED) is 0.829. The normalized spacial score (nSPS) is 17.4. The lowest BCUT2D eigenvalue weighted by atomic mass is 9.94. The van der Waals surface area contributed by atoms with Gasteiger partial charge in [-0.3, -0.25) is 4.79 Å². The average molecular weight is 289 g/mol. The van der Waals surface area contributed by atoms with Crippen LogP contribution < -0.4 is 10.6 Å². The van der Waals surface area contributed by atoms with Gasteiger partial charge in [0, 0.05) is 12.7 Å². The van der Waals surface area contributed by atoms with Crippen molar-refractivity contribution in [1.82, 2.24) is 15.3 Å². The van der Waals surface area contributed by atoms with E-state index in [0.29, 0.717) is 5.82 Å². The monoisotopic (exact) mass is 288 g/mol. The Hall–Kier alpha value is -1.98. The van der Waals surface area contributed by atoms with Gasteiger partial charge in [-0.25, -0.2) is 9.97 Å². The van der Waals surface area contributed by atoms with Gasteiger partial charge in [-0.05, 0) is 35.2 Å². The van der Waals surface area contributed by atoms with E-state index >= 15 is 0 Å². The van der Waals surface area contributed by atoms with Crippen LogP contribution >= 0.6 is 11.6 Å². The minimum atomic E-state index is -0.367. The van der Waals surface area contributed by atoms with Crippen molar-refractivity contribution in [3.8, 4) is 0 Å². The van der Waals surface area contributed by atoms with Gasteiger partial charge in [0.2, 0.25) is 11.2 Å². The third-order valence-electron chi connectivity index (χ3n) is 3.25. The van der Waals surface area contributed by atoms with Crippen LogP contribution in [-0.2, 0) is 11.2 Å². The Kier molecular flexibility index (Phi) is 3.62. The Morgan fingerprint density at radius 2 is 2.20 bits per heavy atom. The predicted octanol–water partition coefficient (Wildman–Crippen LogP) is 1.96. The summed E-state index contributed by atoms with van der Waals surface area (Å²) in [6.07, 6.45) is 2.44. The van der Waals surface area contributed by atoms with Gasteiger partial charge in [0.25, 0.3) is 0 Å². The van der Waals surface area contributed by atoms with E-state index in [1.807, 2.05) is 18.2 Å². The SMILES string of the molecule is O=C(Nc1ccnc(Cl)n1)C1NCCc2ccccc21. The third-order valence-corrected chi connectivity index (χ3v) is 3.43. The van der Waals surface area contributed by atoms with E-state index in [2.05, 4.69) is 26.7 Å². The number of benzene rings is 1. The van der Waals surface area contributed by atoms with Gasteiger partial charge in [-0.15, -0.1) is 0 Å². The summed E-state index contributed by atoms with van der Waals surface area (Å²) in [5, 5.41) is 6.09. The molecule has 2 N–H and O–H groups in total. The van der Waals surface area contributed by atoms with E-state index in [0.717, 1.165) is 18.5 Å². The standard InChI is InChI=1S/C14H13ClN4O/c15-14-17-8-6-11(19-14)18-13(20)12-10-4-2-1-3-9(10)5-7-16-12/h1-4,6,8,12,16H,5,7H2,(H,17,18,19,20). The molecule has 1 aliphatic rings. The first-order valence-corrected chi connectivity index (χ1v) is 6.72. The summed E-state index contributed by atoms with van der Waals surface area (Å²) in [6.45, 7) is 0.777. The molecule has 6 heteroatoms. The van der Waals surface area contributed by atoms with E-state index in [9.17, 15) is 4.79 Å². The van der Waals surface area contributed by atoms with E-state index in [1.165, 1.54) is 11.8 Å². The molecule has 20 heavy (non-hydrogen) atoms. The highest BCUT2D eigenvalue weighted by Crippen LogP contribution is 2.23. The van der Waals surface area contributed by atoms with Crippen LogP contribution in [0.2, 0.25) is 5.28 Å². The minimum Gasteiger partial charge on any atom is -0.309 e. The molecule has 1 unspecified atom stereocenters. The van der Waals surface area contributed by atoms with Gasteiger partial charge in [0.1, 0.15) is 11.9 Å². The molecular formula is C14H13ClN4O. The lowest BCUT2D eigenvalue weighted by Gasteiger charge is -2.25. The van der Waals surface area contributed by atoms with Crippen LogP contribution in [0.15, 0.2) is 36.5 Å². The highest BCUT2D eigenvalue weighted by atomic mass is 35.5. The molecule has 3 rings (SSSR count). The predicted molar refractivity (Wildman–Crippen MR) is 76.6 cm³/mol. The molecule has 5 nitrogen and oxygen atoms in total. The second-order valence-corrected chi connectivity index (χ2v) is 4.87. The molecule has 0 radical (unpaired) electrons. The molecule has 0 bridgehead atoms. The fraction of sp³-hybridized carbons (Fsp3) is 0.214. The molecule has 2 aromatic rings. The topological polar surface area (TPSA) is 66.9 Å². The van der Waals surface area contributed by atoms with Gasteiger partial charge in [-0.1, -0.05) is 24.3 Å². The summed E-state index contributed by atoms with van der Waals surface area (Å²) in [6, 6.07) is 9.19. The summed E-state index contributed by atoms with van der Waals surface area (Å²) in [4.78, 5) is 20.1. The number of amides is 1. The molecule has 1 aromatic carbocycles.